The van der Waals surface area contributed by atoms with Crippen LogP contribution in [0.5, 0.6) is 0 Å². The number of amides is 1. The zero-order valence-corrected chi connectivity index (χ0v) is 13.4. The number of rotatable bonds is 4. The highest BCUT2D eigenvalue weighted by Crippen LogP contribution is 2.24. The molecular formula is C16H16BrFN2O. The quantitative estimate of drug-likeness (QED) is 0.837. The van der Waals surface area contributed by atoms with Crippen LogP contribution in [0.4, 0.5) is 15.8 Å². The number of carbonyl (C=O) groups excluding carboxylic acids is 1. The molecule has 2 rings (SSSR count). The molecule has 0 heterocycles. The van der Waals surface area contributed by atoms with E-state index in [4.69, 9.17) is 0 Å². The Balaban J connectivity index is 2.06. The molecule has 2 aromatic carbocycles. The van der Waals surface area contributed by atoms with Gasteiger partial charge in [-0.15, -0.1) is 0 Å². The molecule has 1 amide bonds. The van der Waals surface area contributed by atoms with Crippen LogP contribution in [0.3, 0.4) is 0 Å². The maximum atomic E-state index is 13.2. The van der Waals surface area contributed by atoms with Gasteiger partial charge in [-0.2, -0.15) is 0 Å². The molecule has 0 aliphatic rings. The van der Waals surface area contributed by atoms with Crippen molar-refractivity contribution in [3.8, 4) is 0 Å². The maximum absolute atomic E-state index is 13.2. The molecule has 0 saturated heterocycles. The average molecular weight is 351 g/mol. The fraction of sp³-hybridized carbons (Fsp3) is 0.188. The van der Waals surface area contributed by atoms with Gasteiger partial charge in [0.25, 0.3) is 0 Å². The summed E-state index contributed by atoms with van der Waals surface area (Å²) in [4.78, 5) is 11.0. The monoisotopic (exact) mass is 350 g/mol. The lowest BCUT2D eigenvalue weighted by molar-refractivity contribution is -0.114. The van der Waals surface area contributed by atoms with Crippen molar-refractivity contribution in [3.63, 3.8) is 0 Å². The van der Waals surface area contributed by atoms with Crippen LogP contribution < -0.4 is 10.6 Å². The fourth-order valence-electron chi connectivity index (χ4n) is 1.97. The van der Waals surface area contributed by atoms with Crippen molar-refractivity contribution in [2.45, 2.75) is 19.9 Å². The van der Waals surface area contributed by atoms with Gasteiger partial charge in [0.15, 0.2) is 0 Å². The van der Waals surface area contributed by atoms with E-state index in [1.165, 1.54) is 13.0 Å². The fourth-order valence-corrected chi connectivity index (χ4v) is 2.36. The summed E-state index contributed by atoms with van der Waals surface area (Å²) in [5, 5.41) is 6.05. The maximum Gasteiger partial charge on any atom is 0.221 e. The largest absolute Gasteiger partial charge is 0.379 e. The van der Waals surface area contributed by atoms with Crippen LogP contribution in [0.2, 0.25) is 0 Å². The van der Waals surface area contributed by atoms with Gasteiger partial charge < -0.3 is 10.6 Å². The van der Waals surface area contributed by atoms with E-state index in [2.05, 4.69) is 26.6 Å². The molecule has 2 N–H and O–H groups in total. The summed E-state index contributed by atoms with van der Waals surface area (Å²) in [5.74, 6) is -0.370. The first kappa shape index (κ1) is 15.5. The summed E-state index contributed by atoms with van der Waals surface area (Å²) in [6.45, 7) is 3.47. The zero-order valence-electron chi connectivity index (χ0n) is 11.8. The van der Waals surface area contributed by atoms with Crippen LogP contribution >= 0.6 is 15.9 Å². The van der Waals surface area contributed by atoms with E-state index < -0.39 is 0 Å². The van der Waals surface area contributed by atoms with Gasteiger partial charge in [-0.25, -0.2) is 4.39 Å². The van der Waals surface area contributed by atoms with Crippen molar-refractivity contribution >= 4 is 33.2 Å². The Morgan fingerprint density at radius 1 is 1.14 bits per heavy atom. The standard InChI is InChI=1S/C16H16BrFN2O/c1-10(12-3-8-16(18)15(17)9-12)19-13-4-6-14(7-5-13)20-11(2)21/h3-10,19H,1-2H3,(H,20,21). The first-order valence-electron chi connectivity index (χ1n) is 6.55. The van der Waals surface area contributed by atoms with E-state index in [-0.39, 0.29) is 17.8 Å². The lowest BCUT2D eigenvalue weighted by Gasteiger charge is -2.16. The Labute approximate surface area is 131 Å². The Hall–Kier alpha value is -1.88. The molecule has 1 atom stereocenters. The van der Waals surface area contributed by atoms with Crippen LogP contribution in [0, 0.1) is 5.82 Å². The second kappa shape index (κ2) is 6.72. The summed E-state index contributed by atoms with van der Waals surface area (Å²) in [6.07, 6.45) is 0. The SMILES string of the molecule is CC(=O)Nc1ccc(NC(C)c2ccc(F)c(Br)c2)cc1. The number of nitrogens with one attached hydrogen (secondary N) is 2. The van der Waals surface area contributed by atoms with Crippen LogP contribution in [0.25, 0.3) is 0 Å². The summed E-state index contributed by atoms with van der Waals surface area (Å²) in [6, 6.07) is 12.4. The minimum Gasteiger partial charge on any atom is -0.379 e. The highest BCUT2D eigenvalue weighted by Gasteiger charge is 2.08. The Morgan fingerprint density at radius 2 is 1.76 bits per heavy atom. The highest BCUT2D eigenvalue weighted by atomic mass is 79.9. The molecule has 0 radical (unpaired) electrons. The lowest BCUT2D eigenvalue weighted by atomic mass is 10.1. The van der Waals surface area contributed by atoms with Crippen LogP contribution in [-0.2, 0) is 4.79 Å². The third kappa shape index (κ3) is 4.29. The van der Waals surface area contributed by atoms with Gasteiger partial charge >= 0.3 is 0 Å². The molecule has 0 saturated carbocycles. The molecule has 0 aliphatic carbocycles. The molecule has 21 heavy (non-hydrogen) atoms. The average Bonchev–Trinajstić information content (AvgIpc) is 2.43. The number of halogens is 2. The summed E-state index contributed by atoms with van der Waals surface area (Å²) in [5.41, 5.74) is 2.66. The Morgan fingerprint density at radius 3 is 2.33 bits per heavy atom. The lowest BCUT2D eigenvalue weighted by Crippen LogP contribution is -2.08. The molecule has 0 fully saturated rings. The molecule has 0 spiro atoms. The van der Waals surface area contributed by atoms with E-state index >= 15 is 0 Å². The van der Waals surface area contributed by atoms with E-state index in [9.17, 15) is 9.18 Å². The summed E-state index contributed by atoms with van der Waals surface area (Å²) < 4.78 is 13.7. The van der Waals surface area contributed by atoms with Crippen molar-refractivity contribution in [2.75, 3.05) is 10.6 Å². The Bertz CT molecular complexity index is 643. The molecule has 2 aromatic rings. The van der Waals surface area contributed by atoms with Crippen molar-refractivity contribution in [1.29, 1.82) is 0 Å². The van der Waals surface area contributed by atoms with Gasteiger partial charge in [-0.1, -0.05) is 6.07 Å². The van der Waals surface area contributed by atoms with Crippen molar-refractivity contribution in [3.05, 3.63) is 58.3 Å². The number of carbonyl (C=O) groups is 1. The van der Waals surface area contributed by atoms with Gasteiger partial charge in [0.1, 0.15) is 5.82 Å². The van der Waals surface area contributed by atoms with E-state index in [0.717, 1.165) is 16.9 Å². The first-order valence-corrected chi connectivity index (χ1v) is 7.34. The Kier molecular flexibility index (Phi) is 4.96. The van der Waals surface area contributed by atoms with E-state index in [0.29, 0.717) is 4.47 Å². The van der Waals surface area contributed by atoms with Crippen LogP contribution in [0.1, 0.15) is 25.5 Å². The molecule has 0 aliphatic heterocycles. The number of hydrogen-bond donors (Lipinski definition) is 2. The van der Waals surface area contributed by atoms with Crippen molar-refractivity contribution in [1.82, 2.24) is 0 Å². The molecule has 110 valence electrons. The third-order valence-electron chi connectivity index (χ3n) is 3.03. The van der Waals surface area contributed by atoms with Crippen molar-refractivity contribution < 1.29 is 9.18 Å². The molecule has 3 nitrogen and oxygen atoms in total. The molecular weight excluding hydrogens is 335 g/mol. The minimum atomic E-state index is -0.273. The van der Waals surface area contributed by atoms with Crippen LogP contribution in [-0.4, -0.2) is 5.91 Å². The van der Waals surface area contributed by atoms with Crippen molar-refractivity contribution in [2.24, 2.45) is 0 Å². The topological polar surface area (TPSA) is 41.1 Å². The minimum absolute atomic E-state index is 0.0357. The van der Waals surface area contributed by atoms with Crippen LogP contribution in [0.15, 0.2) is 46.9 Å². The molecule has 1 unspecified atom stereocenters. The number of benzene rings is 2. The van der Waals surface area contributed by atoms with E-state index in [1.54, 1.807) is 12.1 Å². The predicted octanol–water partition coefficient (Wildman–Crippen LogP) is 4.72. The van der Waals surface area contributed by atoms with Gasteiger partial charge in [0, 0.05) is 24.3 Å². The normalized spacial score (nSPS) is 11.8. The summed E-state index contributed by atoms with van der Waals surface area (Å²) >= 11 is 3.19. The second-order valence-corrected chi connectivity index (χ2v) is 5.65. The van der Waals surface area contributed by atoms with Gasteiger partial charge in [0.2, 0.25) is 5.91 Å². The molecule has 5 heteroatoms. The molecule has 0 bridgehead atoms. The van der Waals surface area contributed by atoms with Gasteiger partial charge in [0.05, 0.1) is 4.47 Å². The highest BCUT2D eigenvalue weighted by molar-refractivity contribution is 9.10. The zero-order chi connectivity index (χ0) is 15.4. The van der Waals surface area contributed by atoms with E-state index in [1.807, 2.05) is 31.2 Å². The molecule has 0 aromatic heterocycles. The van der Waals surface area contributed by atoms with Gasteiger partial charge in [-0.05, 0) is 64.8 Å². The number of hydrogen-bond acceptors (Lipinski definition) is 2. The second-order valence-electron chi connectivity index (χ2n) is 4.80. The predicted molar refractivity (Wildman–Crippen MR) is 86.9 cm³/mol. The smallest absolute Gasteiger partial charge is 0.221 e. The van der Waals surface area contributed by atoms with Gasteiger partial charge in [-0.3, -0.25) is 4.79 Å². The summed E-state index contributed by atoms with van der Waals surface area (Å²) in [7, 11) is 0. The number of anilines is 2. The first-order chi connectivity index (χ1) is 9.95. The third-order valence-corrected chi connectivity index (χ3v) is 3.64.